The molecule has 1 heterocycles. The monoisotopic (exact) mass is 614 g/mol. The van der Waals surface area contributed by atoms with E-state index in [1.54, 1.807) is 37.3 Å². The minimum Gasteiger partial charge on any atom is -0.398 e. The van der Waals surface area contributed by atoms with E-state index >= 15 is 0 Å². The Balaban J connectivity index is 0.000000785. The van der Waals surface area contributed by atoms with Crippen molar-refractivity contribution in [2.75, 3.05) is 81.8 Å². The van der Waals surface area contributed by atoms with E-state index in [1.807, 2.05) is 27.2 Å². The summed E-state index contributed by atoms with van der Waals surface area (Å²) < 4.78 is 44.0. The molecular weight excluding hydrogens is 573 g/mol. The highest BCUT2D eigenvalue weighted by Crippen LogP contribution is 2.30. The molecule has 2 amide bonds. The molecule has 0 bridgehead atoms. The molecule has 1 aliphatic heterocycles. The highest BCUT2D eigenvalue weighted by molar-refractivity contribution is 6.09. The molecule has 9 nitrogen and oxygen atoms in total. The minimum absolute atomic E-state index is 0.134. The lowest BCUT2D eigenvalue weighted by Crippen LogP contribution is -2.30. The number of nitrogen functional groups attached to an aromatic ring is 1. The van der Waals surface area contributed by atoms with Crippen molar-refractivity contribution in [2.45, 2.75) is 19.5 Å². The van der Waals surface area contributed by atoms with Crippen LogP contribution in [0.1, 0.15) is 38.3 Å². The normalized spacial score (nSPS) is 13.1. The molecule has 1 saturated heterocycles. The lowest BCUT2D eigenvalue weighted by atomic mass is 10.1. The molecule has 0 saturated carbocycles. The third-order valence-electron chi connectivity index (χ3n) is 6.86. The number of rotatable bonds is 9. The van der Waals surface area contributed by atoms with Gasteiger partial charge >= 0.3 is 6.18 Å². The van der Waals surface area contributed by atoms with Crippen molar-refractivity contribution in [1.82, 2.24) is 10.2 Å². The van der Waals surface area contributed by atoms with Gasteiger partial charge in [-0.2, -0.15) is 13.2 Å². The summed E-state index contributed by atoms with van der Waals surface area (Å²) in [6.45, 7) is 7.36. The lowest BCUT2D eigenvalue weighted by Gasteiger charge is -2.21. The molecule has 1 fully saturated rings. The number of nitrogens with zero attached hydrogens (tertiary/aromatic N) is 2. The fourth-order valence-corrected chi connectivity index (χ4v) is 4.31. The van der Waals surface area contributed by atoms with Crippen LogP contribution in [0.4, 0.5) is 35.9 Å². The van der Waals surface area contributed by atoms with E-state index in [9.17, 15) is 22.8 Å². The summed E-state index contributed by atoms with van der Waals surface area (Å²) in [7, 11) is 5.97. The molecule has 3 aromatic carbocycles. The number of hydrogen-bond donors (Lipinski definition) is 4. The number of carbonyl (C=O) groups excluding carboxylic acids is 2. The average molecular weight is 615 g/mol. The number of halogens is 3. The van der Waals surface area contributed by atoms with Crippen LogP contribution in [0.15, 0.2) is 60.7 Å². The number of amides is 2. The third-order valence-corrected chi connectivity index (χ3v) is 6.86. The predicted octanol–water partition coefficient (Wildman–Crippen LogP) is 5.09. The first kappa shape index (κ1) is 34.4. The molecule has 1 aliphatic rings. The number of benzene rings is 3. The Morgan fingerprint density at radius 2 is 1.66 bits per heavy atom. The Kier molecular flexibility index (Phi) is 12.6. The van der Waals surface area contributed by atoms with Crippen LogP contribution in [0.25, 0.3) is 0 Å². The van der Waals surface area contributed by atoms with Crippen molar-refractivity contribution in [2.24, 2.45) is 0 Å². The van der Waals surface area contributed by atoms with Gasteiger partial charge in [0.05, 0.1) is 24.3 Å². The van der Waals surface area contributed by atoms with E-state index in [4.69, 9.17) is 10.5 Å². The van der Waals surface area contributed by atoms with Crippen LogP contribution in [0, 0.1) is 6.92 Å². The molecule has 0 aromatic heterocycles. The number of nitrogens with one attached hydrogen (secondary N) is 3. The summed E-state index contributed by atoms with van der Waals surface area (Å²) in [5.74, 6) is -1.12. The summed E-state index contributed by atoms with van der Waals surface area (Å²) in [6.07, 6.45) is -3.61. The molecule has 44 heavy (non-hydrogen) atoms. The van der Waals surface area contributed by atoms with Crippen LogP contribution in [0.5, 0.6) is 0 Å². The number of carbonyl (C=O) groups is 2. The predicted molar refractivity (Wildman–Crippen MR) is 170 cm³/mol. The zero-order chi connectivity index (χ0) is 32.3. The second kappa shape index (κ2) is 16.1. The third kappa shape index (κ3) is 10.5. The van der Waals surface area contributed by atoms with Crippen LogP contribution in [-0.2, 0) is 10.9 Å². The van der Waals surface area contributed by atoms with Gasteiger partial charge in [-0.25, -0.2) is 0 Å². The molecule has 12 heteroatoms. The zero-order valence-electron chi connectivity index (χ0n) is 25.6. The first-order valence-corrected chi connectivity index (χ1v) is 14.3. The van der Waals surface area contributed by atoms with Crippen LogP contribution in [-0.4, -0.2) is 77.3 Å². The lowest BCUT2D eigenvalue weighted by molar-refractivity contribution is -0.137. The summed E-state index contributed by atoms with van der Waals surface area (Å²) in [4.78, 5) is 29.9. The fraction of sp³-hybridized carbons (Fsp3) is 0.375. The number of alkyl halides is 3. The van der Waals surface area contributed by atoms with Gasteiger partial charge in [0.25, 0.3) is 11.8 Å². The van der Waals surface area contributed by atoms with Crippen molar-refractivity contribution in [3.05, 3.63) is 82.9 Å². The quantitative estimate of drug-likeness (QED) is 0.249. The molecule has 0 unspecified atom stereocenters. The van der Waals surface area contributed by atoms with E-state index in [0.29, 0.717) is 22.6 Å². The number of anilines is 4. The van der Waals surface area contributed by atoms with E-state index in [2.05, 4.69) is 25.8 Å². The van der Waals surface area contributed by atoms with Gasteiger partial charge < -0.3 is 36.2 Å². The van der Waals surface area contributed by atoms with Crippen molar-refractivity contribution < 1.29 is 27.5 Å². The topological polar surface area (TPSA) is 112 Å². The molecule has 0 aliphatic carbocycles. The molecule has 4 rings (SSSR count). The number of aryl methyl sites for hydroxylation is 1. The van der Waals surface area contributed by atoms with Crippen LogP contribution < -0.4 is 26.6 Å². The summed E-state index contributed by atoms with van der Waals surface area (Å²) >= 11 is 0. The number of ether oxygens (including phenoxy) is 1. The summed E-state index contributed by atoms with van der Waals surface area (Å²) in [6, 6.07) is 14.3. The molecule has 0 atom stereocenters. The van der Waals surface area contributed by atoms with E-state index in [0.717, 1.165) is 69.2 Å². The molecule has 5 N–H and O–H groups in total. The van der Waals surface area contributed by atoms with Crippen molar-refractivity contribution in [3.63, 3.8) is 0 Å². The second-order valence-corrected chi connectivity index (χ2v) is 10.7. The Hall–Kier alpha value is -4.13. The first-order chi connectivity index (χ1) is 20.8. The van der Waals surface area contributed by atoms with Crippen LogP contribution in [0.2, 0.25) is 0 Å². The van der Waals surface area contributed by atoms with E-state index in [-0.39, 0.29) is 5.56 Å². The fourth-order valence-electron chi connectivity index (χ4n) is 4.31. The summed E-state index contributed by atoms with van der Waals surface area (Å²) in [5.41, 5.74) is 8.00. The van der Waals surface area contributed by atoms with Gasteiger partial charge in [0.2, 0.25) is 0 Å². The molecule has 3 aromatic rings. The van der Waals surface area contributed by atoms with Gasteiger partial charge in [0.1, 0.15) is 0 Å². The maximum Gasteiger partial charge on any atom is 0.416 e. The van der Waals surface area contributed by atoms with Gasteiger partial charge in [-0.1, -0.05) is 12.1 Å². The van der Waals surface area contributed by atoms with Gasteiger partial charge in [0.15, 0.2) is 0 Å². The maximum absolute atomic E-state index is 13.1. The Morgan fingerprint density at radius 1 is 0.932 bits per heavy atom. The average Bonchev–Trinajstić information content (AvgIpc) is 2.99. The second-order valence-electron chi connectivity index (χ2n) is 10.7. The van der Waals surface area contributed by atoms with Crippen molar-refractivity contribution in [1.29, 1.82) is 0 Å². The number of nitrogens with two attached hydrogens (primary N) is 1. The van der Waals surface area contributed by atoms with Crippen LogP contribution >= 0.6 is 0 Å². The van der Waals surface area contributed by atoms with E-state index in [1.165, 1.54) is 12.1 Å². The molecule has 0 radical (unpaired) electrons. The Labute approximate surface area is 256 Å². The first-order valence-electron chi connectivity index (χ1n) is 14.3. The standard InChI is InChI=1S/C28H32F3N5O2.C4H9NO/c1-18-9-10-21(33-26(37)19-7-5-8-20(15-19)28(29,30)31)16-25(18)34-27(38)23-17-22(11-12-24(23)32)36(4)14-6-13-35(2)3;1-3-6-4-2-5-1/h5,7-12,15-17H,6,13-14,32H2,1-4H3,(H,33,37)(H,34,38);5H,1-4H2. The molecule has 0 spiro atoms. The van der Waals surface area contributed by atoms with E-state index < -0.39 is 23.6 Å². The van der Waals surface area contributed by atoms with Crippen LogP contribution in [0.3, 0.4) is 0 Å². The molecule has 238 valence electrons. The zero-order valence-corrected chi connectivity index (χ0v) is 25.6. The van der Waals surface area contributed by atoms with Gasteiger partial charge in [0, 0.05) is 55.0 Å². The highest BCUT2D eigenvalue weighted by atomic mass is 19.4. The minimum atomic E-state index is -4.56. The Morgan fingerprint density at radius 3 is 2.27 bits per heavy atom. The summed E-state index contributed by atoms with van der Waals surface area (Å²) in [5, 5.41) is 8.58. The molecular formula is C32H41F3N6O3. The SMILES string of the molecule is C1COCCN1.Cc1ccc(NC(=O)c2cccc(C(F)(F)F)c2)cc1NC(=O)c1cc(N(C)CCCN(C)C)ccc1N. The van der Waals surface area contributed by atoms with Crippen molar-refractivity contribution in [3.8, 4) is 0 Å². The van der Waals surface area contributed by atoms with Gasteiger partial charge in [-0.3, -0.25) is 9.59 Å². The van der Waals surface area contributed by atoms with Gasteiger partial charge in [-0.05, 0) is 88.1 Å². The highest BCUT2D eigenvalue weighted by Gasteiger charge is 2.31. The van der Waals surface area contributed by atoms with Gasteiger partial charge in [-0.15, -0.1) is 0 Å². The van der Waals surface area contributed by atoms with Crippen molar-refractivity contribution >= 4 is 34.6 Å². The largest absolute Gasteiger partial charge is 0.416 e. The maximum atomic E-state index is 13.1. The number of hydrogen-bond acceptors (Lipinski definition) is 7. The Bertz CT molecular complexity index is 1400. The smallest absolute Gasteiger partial charge is 0.398 e. The number of morpholine rings is 1.